The Morgan fingerprint density at radius 1 is 1.12 bits per heavy atom. The van der Waals surface area contributed by atoms with Gasteiger partial charge in [0.05, 0.1) is 6.10 Å². The molecule has 1 saturated carbocycles. The van der Waals surface area contributed by atoms with Crippen LogP contribution in [0.15, 0.2) is 24.3 Å². The van der Waals surface area contributed by atoms with Gasteiger partial charge in [-0.1, -0.05) is 39.5 Å². The average Bonchev–Trinajstić information content (AvgIpc) is 2.88. The van der Waals surface area contributed by atoms with Gasteiger partial charge in [-0.15, -0.1) is 0 Å². The van der Waals surface area contributed by atoms with Crippen molar-refractivity contribution in [1.82, 2.24) is 0 Å². The lowest BCUT2D eigenvalue weighted by Gasteiger charge is -2.31. The molecule has 140 valence electrons. The standard InChI is InChI=1S/C21H33NO3/c1-4-16-24-21(14-8-6-7-9-15-21)20(23)22-18-10-12-19(13-11-18)25-17(3)5-2/h10-13,17H,4-9,14-16H2,1-3H3,(H,22,23)/t17-/m0/s1. The Morgan fingerprint density at radius 2 is 1.76 bits per heavy atom. The molecule has 1 aliphatic rings. The van der Waals surface area contributed by atoms with E-state index in [9.17, 15) is 4.79 Å². The molecule has 1 aromatic carbocycles. The highest BCUT2D eigenvalue weighted by Crippen LogP contribution is 2.32. The minimum atomic E-state index is -0.668. The van der Waals surface area contributed by atoms with Crippen LogP contribution in [0.5, 0.6) is 5.75 Å². The van der Waals surface area contributed by atoms with Crippen LogP contribution in [0.4, 0.5) is 5.69 Å². The Balaban J connectivity index is 2.04. The van der Waals surface area contributed by atoms with E-state index < -0.39 is 5.60 Å². The van der Waals surface area contributed by atoms with E-state index >= 15 is 0 Å². The van der Waals surface area contributed by atoms with Crippen molar-refractivity contribution < 1.29 is 14.3 Å². The molecule has 2 rings (SSSR count). The van der Waals surface area contributed by atoms with Crippen molar-refractivity contribution in [3.8, 4) is 5.75 Å². The van der Waals surface area contributed by atoms with Gasteiger partial charge in [-0.3, -0.25) is 4.79 Å². The fraction of sp³-hybridized carbons (Fsp3) is 0.667. The zero-order valence-electron chi connectivity index (χ0n) is 16.0. The van der Waals surface area contributed by atoms with E-state index in [0.717, 1.165) is 50.0 Å². The molecule has 1 fully saturated rings. The molecule has 25 heavy (non-hydrogen) atoms. The molecule has 4 nitrogen and oxygen atoms in total. The normalized spacial score (nSPS) is 18.2. The average molecular weight is 347 g/mol. The summed E-state index contributed by atoms with van der Waals surface area (Å²) in [7, 11) is 0. The number of carbonyl (C=O) groups is 1. The molecule has 0 unspecified atom stereocenters. The summed E-state index contributed by atoms with van der Waals surface area (Å²) in [4.78, 5) is 13.0. The van der Waals surface area contributed by atoms with Crippen LogP contribution < -0.4 is 10.1 Å². The van der Waals surface area contributed by atoms with Gasteiger partial charge >= 0.3 is 0 Å². The first-order chi connectivity index (χ1) is 12.1. The SMILES string of the molecule is CCCOC1(C(=O)Nc2ccc(O[C@@H](C)CC)cc2)CCCCCC1. The minimum absolute atomic E-state index is 0.00144. The van der Waals surface area contributed by atoms with Crippen LogP contribution in [0.2, 0.25) is 0 Å². The van der Waals surface area contributed by atoms with Crippen molar-refractivity contribution in [2.24, 2.45) is 0 Å². The van der Waals surface area contributed by atoms with Crippen molar-refractivity contribution in [3.05, 3.63) is 24.3 Å². The van der Waals surface area contributed by atoms with Crippen LogP contribution in [-0.4, -0.2) is 24.2 Å². The molecule has 0 bridgehead atoms. The predicted octanol–water partition coefficient (Wildman–Crippen LogP) is 5.32. The number of amides is 1. The second kappa shape index (κ2) is 9.81. The smallest absolute Gasteiger partial charge is 0.256 e. The molecular weight excluding hydrogens is 314 g/mol. The molecule has 0 aromatic heterocycles. The number of benzene rings is 1. The summed E-state index contributed by atoms with van der Waals surface area (Å²) in [5.41, 5.74) is 0.128. The lowest BCUT2D eigenvalue weighted by Crippen LogP contribution is -2.45. The highest BCUT2D eigenvalue weighted by atomic mass is 16.5. The van der Waals surface area contributed by atoms with Crippen molar-refractivity contribution >= 4 is 11.6 Å². The summed E-state index contributed by atoms with van der Waals surface area (Å²) in [6.07, 6.45) is 8.20. The summed E-state index contributed by atoms with van der Waals surface area (Å²) in [6.45, 7) is 6.87. The largest absolute Gasteiger partial charge is 0.491 e. The number of carbonyl (C=O) groups excluding carboxylic acids is 1. The van der Waals surface area contributed by atoms with Gasteiger partial charge in [0.25, 0.3) is 5.91 Å². The number of nitrogens with one attached hydrogen (secondary N) is 1. The predicted molar refractivity (Wildman–Crippen MR) is 102 cm³/mol. The maximum atomic E-state index is 13.0. The molecule has 0 saturated heterocycles. The van der Waals surface area contributed by atoms with Crippen LogP contribution in [0, 0.1) is 0 Å². The first kappa shape index (κ1) is 19.8. The zero-order valence-corrected chi connectivity index (χ0v) is 16.0. The summed E-state index contributed by atoms with van der Waals surface area (Å²) < 4.78 is 11.9. The molecule has 4 heteroatoms. The number of hydrogen-bond donors (Lipinski definition) is 1. The molecule has 0 heterocycles. The minimum Gasteiger partial charge on any atom is -0.491 e. The van der Waals surface area contributed by atoms with Gasteiger partial charge in [0.2, 0.25) is 0 Å². The fourth-order valence-corrected chi connectivity index (χ4v) is 3.21. The van der Waals surface area contributed by atoms with Gasteiger partial charge in [0.15, 0.2) is 0 Å². The molecule has 1 aliphatic carbocycles. The van der Waals surface area contributed by atoms with Gasteiger partial charge < -0.3 is 14.8 Å². The molecule has 1 atom stereocenters. The highest BCUT2D eigenvalue weighted by Gasteiger charge is 2.39. The quantitative estimate of drug-likeness (QED) is 0.647. The summed E-state index contributed by atoms with van der Waals surface area (Å²) in [5.74, 6) is 0.831. The van der Waals surface area contributed by atoms with Crippen LogP contribution in [0.3, 0.4) is 0 Å². The maximum absolute atomic E-state index is 13.0. The third-order valence-electron chi connectivity index (χ3n) is 4.93. The Hall–Kier alpha value is -1.55. The van der Waals surface area contributed by atoms with E-state index in [0.29, 0.717) is 6.61 Å². The number of ether oxygens (including phenoxy) is 2. The van der Waals surface area contributed by atoms with E-state index in [1.807, 2.05) is 24.3 Å². The lowest BCUT2D eigenvalue weighted by molar-refractivity contribution is -0.143. The summed E-state index contributed by atoms with van der Waals surface area (Å²) in [6, 6.07) is 7.63. The number of anilines is 1. The Kier molecular flexibility index (Phi) is 7.76. The van der Waals surface area contributed by atoms with Crippen molar-refractivity contribution in [2.45, 2.75) is 83.8 Å². The maximum Gasteiger partial charge on any atom is 0.256 e. The van der Waals surface area contributed by atoms with Gasteiger partial charge in [-0.2, -0.15) is 0 Å². The molecule has 0 aliphatic heterocycles. The topological polar surface area (TPSA) is 47.6 Å². The number of rotatable bonds is 8. The zero-order chi connectivity index (χ0) is 18.1. The highest BCUT2D eigenvalue weighted by molar-refractivity contribution is 5.97. The Bertz CT molecular complexity index is 518. The van der Waals surface area contributed by atoms with Crippen LogP contribution in [-0.2, 0) is 9.53 Å². The number of hydrogen-bond acceptors (Lipinski definition) is 3. The first-order valence-corrected chi connectivity index (χ1v) is 9.82. The van der Waals surface area contributed by atoms with Gasteiger partial charge in [0, 0.05) is 12.3 Å². The first-order valence-electron chi connectivity index (χ1n) is 9.82. The molecule has 1 amide bonds. The van der Waals surface area contributed by atoms with Crippen molar-refractivity contribution in [3.63, 3.8) is 0 Å². The van der Waals surface area contributed by atoms with Gasteiger partial charge in [0.1, 0.15) is 11.4 Å². The second-order valence-corrected chi connectivity index (χ2v) is 7.07. The third kappa shape index (κ3) is 5.74. The van der Waals surface area contributed by atoms with E-state index in [1.54, 1.807) is 0 Å². The Morgan fingerprint density at radius 3 is 2.32 bits per heavy atom. The lowest BCUT2D eigenvalue weighted by atomic mass is 9.92. The van der Waals surface area contributed by atoms with Crippen molar-refractivity contribution in [1.29, 1.82) is 0 Å². The summed E-state index contributed by atoms with van der Waals surface area (Å²) >= 11 is 0. The molecule has 0 spiro atoms. The van der Waals surface area contributed by atoms with E-state index in [4.69, 9.17) is 9.47 Å². The molecule has 1 aromatic rings. The monoisotopic (exact) mass is 347 g/mol. The van der Waals surface area contributed by atoms with Crippen LogP contribution in [0.1, 0.15) is 72.1 Å². The molecule has 1 N–H and O–H groups in total. The molecular formula is C21H33NO3. The van der Waals surface area contributed by atoms with E-state index in [-0.39, 0.29) is 12.0 Å². The fourth-order valence-electron chi connectivity index (χ4n) is 3.21. The molecule has 0 radical (unpaired) electrons. The Labute approximate surface area is 152 Å². The van der Waals surface area contributed by atoms with Crippen LogP contribution >= 0.6 is 0 Å². The third-order valence-corrected chi connectivity index (χ3v) is 4.93. The summed E-state index contributed by atoms with van der Waals surface area (Å²) in [5, 5.41) is 3.06. The van der Waals surface area contributed by atoms with Gasteiger partial charge in [-0.05, 0) is 56.9 Å². The second-order valence-electron chi connectivity index (χ2n) is 7.07. The van der Waals surface area contributed by atoms with Crippen LogP contribution in [0.25, 0.3) is 0 Å². The van der Waals surface area contributed by atoms with Crippen molar-refractivity contribution in [2.75, 3.05) is 11.9 Å². The van der Waals surface area contributed by atoms with E-state index in [1.165, 1.54) is 12.8 Å². The van der Waals surface area contributed by atoms with Gasteiger partial charge in [-0.25, -0.2) is 0 Å². The van der Waals surface area contributed by atoms with E-state index in [2.05, 4.69) is 26.1 Å².